The van der Waals surface area contributed by atoms with Crippen LogP contribution >= 0.6 is 26.9 Å². The number of nitrogens with one attached hydrogen (secondary N) is 3. The maximum atomic E-state index is 13.8. The number of nitrogen functional groups attached to an aromatic ring is 1. The highest BCUT2D eigenvalue weighted by Gasteiger charge is 2.56. The van der Waals surface area contributed by atoms with Gasteiger partial charge in [0.15, 0.2) is 36.4 Å². The number of H-pyrrole nitrogens is 2. The molecule has 4 saturated heterocycles. The van der Waals surface area contributed by atoms with E-state index >= 15 is 0 Å². The van der Waals surface area contributed by atoms with Gasteiger partial charge in [-0.15, -0.1) is 0 Å². The van der Waals surface area contributed by atoms with Crippen molar-refractivity contribution in [1.29, 1.82) is 0 Å². The number of aromatic amines is 2. The first-order chi connectivity index (χ1) is 48.8. The fourth-order valence-electron chi connectivity index (χ4n) is 11.2. The molecule has 20 atom stereocenters. The van der Waals surface area contributed by atoms with E-state index in [4.69, 9.17) is 146 Å². The third kappa shape index (κ3) is 20.7. The van der Waals surface area contributed by atoms with Gasteiger partial charge in [-0.05, 0) is 68.0 Å². The van der Waals surface area contributed by atoms with Crippen molar-refractivity contribution in [2.45, 2.75) is 119 Å². The number of aryl methyl sites for hydroxylation is 2. The fraction of sp³-hybridized carbons (Fsp3) is 0.667. The van der Waals surface area contributed by atoms with Crippen molar-refractivity contribution >= 4 is 97.0 Å². The molecular formula is C54H81N11O30P4S4. The number of carbonyl (C=O) groups excluding carboxylic acids is 1. The van der Waals surface area contributed by atoms with Crippen molar-refractivity contribution in [3.05, 3.63) is 102 Å². The molecule has 9 heterocycles. The van der Waals surface area contributed by atoms with Crippen molar-refractivity contribution < 1.29 is 123 Å². The summed E-state index contributed by atoms with van der Waals surface area (Å²) in [5.74, 6) is -0.326. The van der Waals surface area contributed by atoms with Crippen LogP contribution in [0.25, 0.3) is 11.2 Å². The molecular weight excluding hydrogens is 1530 g/mol. The number of anilines is 1. The molecule has 576 valence electrons. The van der Waals surface area contributed by atoms with E-state index in [0.29, 0.717) is 0 Å². The highest BCUT2D eigenvalue weighted by Crippen LogP contribution is 2.55. The second-order valence-corrected chi connectivity index (χ2v) is 34.5. The fourth-order valence-corrected chi connectivity index (χ4v) is 16.1. The number of hydrogen-bond donors (Lipinski definition) is 9. The van der Waals surface area contributed by atoms with Crippen LogP contribution < -0.4 is 33.5 Å². The van der Waals surface area contributed by atoms with Gasteiger partial charge >= 0.3 is 38.3 Å². The van der Waals surface area contributed by atoms with Gasteiger partial charge in [0, 0.05) is 70.8 Å². The van der Waals surface area contributed by atoms with Crippen molar-refractivity contribution in [2.75, 3.05) is 121 Å². The summed E-state index contributed by atoms with van der Waals surface area (Å²) in [6.07, 6.45) is -16.9. The van der Waals surface area contributed by atoms with E-state index in [0.717, 1.165) is 22.4 Å². The molecule has 5 aliphatic rings. The topological polar surface area (TPSA) is 497 Å². The van der Waals surface area contributed by atoms with E-state index < -0.39 is 180 Å². The molecule has 5 aliphatic heterocycles. The van der Waals surface area contributed by atoms with E-state index in [-0.39, 0.29) is 92.4 Å². The van der Waals surface area contributed by atoms with Gasteiger partial charge in [0.25, 0.3) is 17.0 Å². The molecule has 9 rings (SSSR count). The first-order valence-corrected chi connectivity index (χ1v) is 41.5. The Labute approximate surface area is 606 Å². The molecule has 4 aromatic heterocycles. The minimum absolute atomic E-state index is 0.00348. The van der Waals surface area contributed by atoms with Gasteiger partial charge in [0.05, 0.1) is 85.6 Å². The van der Waals surface area contributed by atoms with Gasteiger partial charge in [-0.25, -0.2) is 24.5 Å². The normalized spacial score (nSPS) is 29.8. The average Bonchev–Trinajstić information content (AvgIpc) is 1.62. The van der Waals surface area contributed by atoms with Gasteiger partial charge in [-0.2, -0.15) is 0 Å². The number of rotatable bonds is 39. The number of methoxy groups -OCH3 is 4. The Bertz CT molecular complexity index is 4100. The van der Waals surface area contributed by atoms with Gasteiger partial charge in [-0.1, -0.05) is 6.58 Å². The van der Waals surface area contributed by atoms with Crippen LogP contribution in [-0.4, -0.2) is 268 Å². The first kappa shape index (κ1) is 83.1. The molecule has 49 heteroatoms. The summed E-state index contributed by atoms with van der Waals surface area (Å²) in [6, 6.07) is 0. The Morgan fingerprint density at radius 2 is 0.922 bits per heavy atom. The lowest BCUT2D eigenvalue weighted by molar-refractivity contribution is -0.121. The van der Waals surface area contributed by atoms with Crippen LogP contribution in [0.1, 0.15) is 36.7 Å². The van der Waals surface area contributed by atoms with E-state index in [1.54, 1.807) is 6.92 Å². The lowest BCUT2D eigenvalue weighted by Gasteiger charge is -2.35. The Balaban J connectivity index is 1.02. The van der Waals surface area contributed by atoms with Crippen molar-refractivity contribution in [1.82, 2.24) is 48.8 Å². The van der Waals surface area contributed by atoms with E-state index in [1.807, 2.05) is 0 Å². The van der Waals surface area contributed by atoms with E-state index in [2.05, 4.69) is 36.8 Å². The van der Waals surface area contributed by atoms with Crippen LogP contribution in [0.3, 0.4) is 0 Å². The molecule has 103 heavy (non-hydrogen) atoms. The quantitative estimate of drug-likeness (QED) is 0.0183. The zero-order valence-electron chi connectivity index (χ0n) is 56.4. The van der Waals surface area contributed by atoms with E-state index in [9.17, 15) is 48.7 Å². The standard InChI is InChI=1S/C54H81N11O30P4S4/c1-27-18-62(30(4)59-46(27)67)49-40(81-14-10-76-5)36(66)31(89-49)21-86-97(73,101)95-39-34(92-52(43(39)84-17-13-79-8)65-26-58-35-44(55)56-25-57-45(35)65)24-88-99(75,103)94-38-33(91-51(42(38)83-16-12-78-7)64-20-29(3)48(69)61-54(64)71)23-87-98(74,102)93-37-32(22-85-96(72,100)80-9)90-50(41(37)82-15-11-77-6)63-19-28(2)47(68)60-53(63)70/h18-20,25-26,31-34,36-43,49-52,66H,4,10-17,21-24H2,1-3,5-9H3,(H,59,67)(H,72,100)(H,73,101)(H,74,102)(H,75,103)(H2,55,56,57)(H,60,68,70)(H,61,69,71)/t31-,32-,33-,34-,36+,37+,38+,39+,40?,41?,42?,43?,49-,50-,51-,52-,96?,97?,98?,99?/m1/s1. The molecule has 10 N–H and O–H groups in total. The largest absolute Gasteiger partial charge is 0.387 e. The number of imidazole rings is 1. The number of aliphatic hydroxyl groups is 1. The number of amides is 1. The number of nitrogens with two attached hydrogens (primary N) is 1. The van der Waals surface area contributed by atoms with Crippen LogP contribution in [0.5, 0.6) is 0 Å². The molecule has 0 aromatic carbocycles. The maximum absolute atomic E-state index is 13.8. The molecule has 8 unspecified atom stereocenters. The number of nitrogens with zero attached hydrogens (tertiary/aromatic N) is 7. The van der Waals surface area contributed by atoms with Crippen molar-refractivity contribution in [3.8, 4) is 0 Å². The molecule has 41 nitrogen and oxygen atoms in total. The Morgan fingerprint density at radius 3 is 1.34 bits per heavy atom. The van der Waals surface area contributed by atoms with E-state index in [1.165, 1.54) is 76.8 Å². The summed E-state index contributed by atoms with van der Waals surface area (Å²) in [4.78, 5) is 131. The first-order valence-electron chi connectivity index (χ1n) is 31.1. The number of aliphatic hydroxyl groups excluding tert-OH is 1. The number of hydrogen-bond acceptors (Lipinski definition) is 35. The second kappa shape index (κ2) is 36.5. The van der Waals surface area contributed by atoms with Gasteiger partial charge in [0.1, 0.15) is 90.9 Å². The smallest absolute Gasteiger partial charge is 0.330 e. The zero-order valence-corrected chi connectivity index (χ0v) is 63.2. The third-order valence-corrected chi connectivity index (χ3v) is 22.6. The Kier molecular flexibility index (Phi) is 29.5. The van der Waals surface area contributed by atoms with Gasteiger partial charge < -0.3 is 120 Å². The summed E-state index contributed by atoms with van der Waals surface area (Å²) in [7, 11) is 6.72. The van der Waals surface area contributed by atoms with Crippen LogP contribution in [-0.2, 0) is 145 Å². The monoisotopic (exact) mass is 1620 g/mol. The molecule has 1 amide bonds. The predicted octanol–water partition coefficient (Wildman–Crippen LogP) is -1.43. The SMILES string of the molecule is C=C1NC(=O)C(C)=CN1[C@@H]1O[C@H](COP(O)(=S)O[C@@H]2C(OCCOC)[C@H](n3cnc4c(N)ncnc43)O[C@@H]2COP(O)(=S)O[C@@H]2C(OCCOC)[C@H](n3cc(C)c(=O)[nH]c3=O)O[C@@H]2COP(O)(=S)O[C@@H]2C(OCCOC)[C@H](n3cc(C)c(=O)[nH]c3=O)O[C@@H]2COP(O)(=S)OC)[C@H](O)C1OCCOC. The Morgan fingerprint density at radius 1 is 0.534 bits per heavy atom. The lowest BCUT2D eigenvalue weighted by Crippen LogP contribution is -2.48. The molecule has 0 bridgehead atoms. The number of aromatic nitrogens is 8. The minimum atomic E-state index is -4.85. The van der Waals surface area contributed by atoms with Crippen molar-refractivity contribution in [2.24, 2.45) is 0 Å². The van der Waals surface area contributed by atoms with Crippen LogP contribution in [0.15, 0.2) is 68.4 Å². The molecule has 0 saturated carbocycles. The predicted molar refractivity (Wildman–Crippen MR) is 369 cm³/mol. The zero-order chi connectivity index (χ0) is 74.9. The van der Waals surface area contributed by atoms with Gasteiger partial charge in [0.2, 0.25) is 0 Å². The summed E-state index contributed by atoms with van der Waals surface area (Å²) < 4.78 is 122. The molecule has 4 aromatic rings. The van der Waals surface area contributed by atoms with Crippen LogP contribution in [0, 0.1) is 13.8 Å². The van der Waals surface area contributed by atoms with Crippen molar-refractivity contribution in [3.63, 3.8) is 0 Å². The summed E-state index contributed by atoms with van der Waals surface area (Å²) in [5.41, 5.74) is 3.46. The number of carbonyl (C=O) groups is 1. The number of fused-ring (bicyclic) bond motifs is 1. The highest BCUT2D eigenvalue weighted by molar-refractivity contribution is 8.08. The summed E-state index contributed by atoms with van der Waals surface area (Å²) >= 11 is 22.2. The Hall–Kier alpha value is -3.94. The lowest BCUT2D eigenvalue weighted by atomic mass is 10.1. The molecule has 0 aliphatic carbocycles. The third-order valence-electron chi connectivity index (χ3n) is 16.2. The number of ether oxygens (including phenoxy) is 12. The second-order valence-electron chi connectivity index (χ2n) is 23.2. The minimum Gasteiger partial charge on any atom is -0.387 e. The molecule has 0 radical (unpaired) electrons. The molecule has 0 spiro atoms. The average molecular weight is 1620 g/mol. The van der Waals surface area contributed by atoms with Gasteiger partial charge in [-0.3, -0.25) is 51.6 Å². The summed E-state index contributed by atoms with van der Waals surface area (Å²) in [6.45, 7) is -13.4. The summed E-state index contributed by atoms with van der Waals surface area (Å²) in [5, 5.41) is 14.4. The molecule has 4 fully saturated rings. The van der Waals surface area contributed by atoms with Crippen LogP contribution in [0.2, 0.25) is 0 Å². The highest BCUT2D eigenvalue weighted by atomic mass is 32.5. The maximum Gasteiger partial charge on any atom is 0.330 e. The van der Waals surface area contributed by atoms with Crippen LogP contribution in [0.4, 0.5) is 5.82 Å².